The van der Waals surface area contributed by atoms with Crippen molar-refractivity contribution in [3.8, 4) is 33.4 Å². The molecule has 0 aromatic heterocycles. The summed E-state index contributed by atoms with van der Waals surface area (Å²) in [5.74, 6) is 0. The SMILES string of the molecule is N/C(=C\C(=NCc1ccccc1)c1cccc(-c2cccc(-c3ccc4c(c3)-c3ccccc3C43c4ccccc4N(c4ccccc4)c4ccccc43)c2)c1)c1ccccc1. The second kappa shape index (κ2) is 15.5. The van der Waals surface area contributed by atoms with Gasteiger partial charge in [-0.15, -0.1) is 0 Å². The Morgan fingerprint density at radius 2 is 0.952 bits per heavy atom. The van der Waals surface area contributed by atoms with Crippen LogP contribution < -0.4 is 10.6 Å². The zero-order valence-corrected chi connectivity index (χ0v) is 34.2. The maximum Gasteiger partial charge on any atom is 0.0754 e. The average molecular weight is 794 g/mol. The van der Waals surface area contributed by atoms with Gasteiger partial charge < -0.3 is 10.6 Å². The minimum atomic E-state index is -0.483. The number of hydrogen-bond donors (Lipinski definition) is 1. The van der Waals surface area contributed by atoms with E-state index in [0.717, 1.165) is 39.2 Å². The lowest BCUT2D eigenvalue weighted by molar-refractivity contribution is 0.753. The third-order valence-corrected chi connectivity index (χ3v) is 12.5. The van der Waals surface area contributed by atoms with Crippen molar-refractivity contribution in [1.82, 2.24) is 0 Å². The van der Waals surface area contributed by atoms with Gasteiger partial charge in [0, 0.05) is 16.9 Å². The first-order chi connectivity index (χ1) is 30.7. The highest BCUT2D eigenvalue weighted by Gasteiger charge is 2.51. The van der Waals surface area contributed by atoms with Crippen molar-refractivity contribution >= 4 is 28.5 Å². The van der Waals surface area contributed by atoms with Crippen LogP contribution in [0.3, 0.4) is 0 Å². The zero-order chi connectivity index (χ0) is 41.5. The van der Waals surface area contributed by atoms with E-state index in [1.807, 2.05) is 42.5 Å². The minimum absolute atomic E-state index is 0.483. The number of fused-ring (bicyclic) bond motifs is 9. The largest absolute Gasteiger partial charge is 0.398 e. The molecule has 0 radical (unpaired) electrons. The zero-order valence-electron chi connectivity index (χ0n) is 34.2. The molecule has 0 fully saturated rings. The topological polar surface area (TPSA) is 41.6 Å². The molecule has 11 rings (SSSR count). The molecule has 1 spiro atoms. The Morgan fingerprint density at radius 3 is 1.65 bits per heavy atom. The summed E-state index contributed by atoms with van der Waals surface area (Å²) in [4.78, 5) is 7.55. The third-order valence-electron chi connectivity index (χ3n) is 12.5. The molecule has 3 nitrogen and oxygen atoms in total. The predicted octanol–water partition coefficient (Wildman–Crippen LogP) is 14.2. The van der Waals surface area contributed by atoms with Gasteiger partial charge in [0.1, 0.15) is 0 Å². The lowest BCUT2D eigenvalue weighted by atomic mass is 9.64. The molecule has 2 aliphatic rings. The van der Waals surface area contributed by atoms with Crippen molar-refractivity contribution in [1.29, 1.82) is 0 Å². The van der Waals surface area contributed by atoms with Gasteiger partial charge in [-0.1, -0.05) is 188 Å². The monoisotopic (exact) mass is 793 g/mol. The Morgan fingerprint density at radius 1 is 0.435 bits per heavy atom. The Labute approximate surface area is 363 Å². The van der Waals surface area contributed by atoms with E-state index < -0.39 is 5.41 Å². The van der Waals surface area contributed by atoms with Crippen LogP contribution in [0.2, 0.25) is 0 Å². The summed E-state index contributed by atoms with van der Waals surface area (Å²) in [6.07, 6.45) is 2.01. The molecule has 9 aromatic carbocycles. The van der Waals surface area contributed by atoms with E-state index in [-0.39, 0.29) is 0 Å². The predicted molar refractivity (Wildman–Crippen MR) is 258 cm³/mol. The number of benzene rings is 9. The van der Waals surface area contributed by atoms with Gasteiger partial charge in [0.15, 0.2) is 0 Å². The number of hydrogen-bond acceptors (Lipinski definition) is 3. The van der Waals surface area contributed by atoms with E-state index in [0.29, 0.717) is 12.2 Å². The molecular weight excluding hydrogens is 751 g/mol. The Kier molecular flexibility index (Phi) is 9.28. The smallest absolute Gasteiger partial charge is 0.0754 e. The van der Waals surface area contributed by atoms with Gasteiger partial charge in [-0.05, 0) is 115 Å². The fourth-order valence-corrected chi connectivity index (χ4v) is 9.72. The van der Waals surface area contributed by atoms with Crippen LogP contribution in [0, 0.1) is 0 Å². The number of nitrogens with two attached hydrogens (primary N) is 1. The van der Waals surface area contributed by atoms with Gasteiger partial charge in [-0.25, -0.2) is 0 Å². The van der Waals surface area contributed by atoms with Crippen LogP contribution in [0.5, 0.6) is 0 Å². The average Bonchev–Trinajstić information content (AvgIpc) is 3.64. The summed E-state index contributed by atoms with van der Waals surface area (Å²) in [7, 11) is 0. The molecule has 9 aromatic rings. The molecule has 0 amide bonds. The Hall–Kier alpha value is -8.01. The second-order valence-corrected chi connectivity index (χ2v) is 16.1. The molecule has 0 bridgehead atoms. The van der Waals surface area contributed by atoms with E-state index in [1.54, 1.807) is 0 Å². The quantitative estimate of drug-likeness (QED) is 0.156. The highest BCUT2D eigenvalue weighted by Crippen LogP contribution is 2.63. The van der Waals surface area contributed by atoms with Crippen LogP contribution in [0.1, 0.15) is 38.9 Å². The number of aliphatic imine (C=N–C) groups is 1. The van der Waals surface area contributed by atoms with Gasteiger partial charge in [0.25, 0.3) is 0 Å². The maximum atomic E-state index is 6.71. The highest BCUT2D eigenvalue weighted by atomic mass is 15.2. The van der Waals surface area contributed by atoms with Crippen molar-refractivity contribution in [2.45, 2.75) is 12.0 Å². The lowest BCUT2D eigenvalue weighted by Gasteiger charge is -2.45. The molecule has 0 atom stereocenters. The molecule has 0 unspecified atom stereocenters. The number of nitrogens with zero attached hydrogens (tertiary/aromatic N) is 2. The van der Waals surface area contributed by atoms with Crippen molar-refractivity contribution < 1.29 is 0 Å². The normalized spacial score (nSPS) is 13.6. The van der Waals surface area contributed by atoms with Crippen molar-refractivity contribution in [2.24, 2.45) is 10.7 Å². The Balaban J connectivity index is 1.00. The van der Waals surface area contributed by atoms with E-state index in [4.69, 9.17) is 10.7 Å². The van der Waals surface area contributed by atoms with Gasteiger partial charge in [-0.2, -0.15) is 0 Å². The van der Waals surface area contributed by atoms with Crippen LogP contribution >= 0.6 is 0 Å². The molecule has 2 N–H and O–H groups in total. The summed E-state index contributed by atoms with van der Waals surface area (Å²) < 4.78 is 0. The molecule has 1 aliphatic heterocycles. The first-order valence-electron chi connectivity index (χ1n) is 21.3. The first kappa shape index (κ1) is 37.0. The third kappa shape index (κ3) is 6.26. The highest BCUT2D eigenvalue weighted by molar-refractivity contribution is 6.12. The molecule has 294 valence electrons. The van der Waals surface area contributed by atoms with Crippen LogP contribution in [0.25, 0.3) is 39.1 Å². The van der Waals surface area contributed by atoms with Gasteiger partial charge in [-0.3, -0.25) is 4.99 Å². The van der Waals surface area contributed by atoms with Crippen molar-refractivity contribution in [3.05, 3.63) is 276 Å². The van der Waals surface area contributed by atoms with Crippen molar-refractivity contribution in [3.63, 3.8) is 0 Å². The van der Waals surface area contributed by atoms with E-state index >= 15 is 0 Å². The number of allylic oxidation sites excluding steroid dienone is 1. The number of para-hydroxylation sites is 3. The number of rotatable bonds is 8. The van der Waals surface area contributed by atoms with Gasteiger partial charge in [0.2, 0.25) is 0 Å². The van der Waals surface area contributed by atoms with Crippen LogP contribution in [0.15, 0.2) is 242 Å². The van der Waals surface area contributed by atoms with Crippen molar-refractivity contribution in [2.75, 3.05) is 4.90 Å². The molecule has 0 saturated carbocycles. The summed E-state index contributed by atoms with van der Waals surface area (Å²) in [6.45, 7) is 0.555. The van der Waals surface area contributed by atoms with E-state index in [2.05, 4.69) is 199 Å². The van der Waals surface area contributed by atoms with Gasteiger partial charge >= 0.3 is 0 Å². The Bertz CT molecular complexity index is 3120. The second-order valence-electron chi connectivity index (χ2n) is 16.1. The fraction of sp³-hybridized carbons (Fsp3) is 0.0339. The maximum absolute atomic E-state index is 6.71. The molecule has 0 saturated heterocycles. The van der Waals surface area contributed by atoms with E-state index in [9.17, 15) is 0 Å². The summed E-state index contributed by atoms with van der Waals surface area (Å²) in [6, 6.07) is 82.9. The molecular formula is C59H43N3. The molecule has 62 heavy (non-hydrogen) atoms. The molecule has 3 heteroatoms. The molecule has 1 aliphatic carbocycles. The molecule has 1 heterocycles. The lowest BCUT2D eigenvalue weighted by Crippen LogP contribution is -2.36. The minimum Gasteiger partial charge on any atom is -0.398 e. The van der Waals surface area contributed by atoms with Gasteiger partial charge in [0.05, 0.1) is 29.0 Å². The van der Waals surface area contributed by atoms with Crippen LogP contribution in [0.4, 0.5) is 17.1 Å². The summed E-state index contributed by atoms with van der Waals surface area (Å²) >= 11 is 0. The number of anilines is 3. The van der Waals surface area contributed by atoms with E-state index in [1.165, 1.54) is 55.9 Å². The summed E-state index contributed by atoms with van der Waals surface area (Å²) in [5, 5.41) is 0. The fourth-order valence-electron chi connectivity index (χ4n) is 9.72. The van der Waals surface area contributed by atoms with Crippen LogP contribution in [-0.2, 0) is 12.0 Å². The summed E-state index contributed by atoms with van der Waals surface area (Å²) in [5.41, 5.74) is 26.8. The van der Waals surface area contributed by atoms with Crippen LogP contribution in [-0.4, -0.2) is 5.71 Å². The first-order valence-corrected chi connectivity index (χ1v) is 21.3. The standard InChI is InChI=1S/C59H43N3/c60-55(42-20-6-2-7-21-42)39-56(61-40-41-18-4-1-5-19-41)47-25-17-24-45(37-47)43-22-16-23-44(36-43)46-34-35-52-50(38-46)49-28-10-11-29-51(49)59(52)53-30-12-14-32-57(53)62(48-26-8-3-9-27-48)58-33-15-13-31-54(58)59/h1-39H,40,60H2/b55-39-,61-56?.